The van der Waals surface area contributed by atoms with Crippen molar-refractivity contribution in [3.8, 4) is 0 Å². The summed E-state index contributed by atoms with van der Waals surface area (Å²) < 4.78 is 0. The summed E-state index contributed by atoms with van der Waals surface area (Å²) in [4.78, 5) is 2.39. The normalized spacial score (nSPS) is 16.3. The molecule has 0 bridgehead atoms. The van der Waals surface area contributed by atoms with Crippen molar-refractivity contribution in [2.45, 2.75) is 52.5 Å². The predicted octanol–water partition coefficient (Wildman–Crippen LogP) is 4.20. The Morgan fingerprint density at radius 2 is 1.65 bits per heavy atom. The van der Waals surface area contributed by atoms with E-state index in [0.717, 1.165) is 25.6 Å². The maximum absolute atomic E-state index is 3.63. The van der Waals surface area contributed by atoms with E-state index in [2.05, 4.69) is 48.3 Å². The average molecular weight is 274 g/mol. The van der Waals surface area contributed by atoms with E-state index in [0.29, 0.717) is 0 Å². The fourth-order valence-corrected chi connectivity index (χ4v) is 3.23. The van der Waals surface area contributed by atoms with E-state index in [4.69, 9.17) is 0 Å². The molecule has 0 unspecified atom stereocenters. The number of benzene rings is 1. The third kappa shape index (κ3) is 4.52. The smallest absolute Gasteiger partial charge is 0.0366 e. The van der Waals surface area contributed by atoms with Gasteiger partial charge in [-0.1, -0.05) is 31.4 Å². The van der Waals surface area contributed by atoms with Crippen LogP contribution in [0.3, 0.4) is 0 Å². The molecular formula is C18H30N2. The van der Waals surface area contributed by atoms with E-state index in [1.807, 2.05) is 0 Å². The van der Waals surface area contributed by atoms with Gasteiger partial charge in [-0.15, -0.1) is 0 Å². The number of nitrogens with zero attached hydrogens (tertiary/aromatic N) is 1. The summed E-state index contributed by atoms with van der Waals surface area (Å²) >= 11 is 0. The van der Waals surface area contributed by atoms with E-state index in [1.54, 1.807) is 0 Å². The van der Waals surface area contributed by atoms with Gasteiger partial charge in [0, 0.05) is 25.3 Å². The molecule has 1 saturated carbocycles. The molecule has 0 radical (unpaired) electrons. The highest BCUT2D eigenvalue weighted by molar-refractivity contribution is 5.47. The third-order valence-electron chi connectivity index (χ3n) is 4.55. The van der Waals surface area contributed by atoms with Gasteiger partial charge in [0.15, 0.2) is 0 Å². The van der Waals surface area contributed by atoms with Crippen molar-refractivity contribution in [3.63, 3.8) is 0 Å². The van der Waals surface area contributed by atoms with Gasteiger partial charge < -0.3 is 10.2 Å². The topological polar surface area (TPSA) is 15.3 Å². The quantitative estimate of drug-likeness (QED) is 0.801. The zero-order valence-electron chi connectivity index (χ0n) is 13.2. The molecule has 0 atom stereocenters. The molecule has 0 heterocycles. The van der Waals surface area contributed by atoms with Crippen molar-refractivity contribution in [2.75, 3.05) is 24.5 Å². The lowest BCUT2D eigenvalue weighted by Crippen LogP contribution is -2.24. The second-order valence-electron chi connectivity index (χ2n) is 5.97. The van der Waals surface area contributed by atoms with E-state index >= 15 is 0 Å². The van der Waals surface area contributed by atoms with Crippen molar-refractivity contribution in [1.29, 1.82) is 0 Å². The maximum atomic E-state index is 3.63. The minimum absolute atomic E-state index is 0.915. The number of anilines is 1. The molecule has 2 nitrogen and oxygen atoms in total. The van der Waals surface area contributed by atoms with Gasteiger partial charge in [-0.2, -0.15) is 0 Å². The molecule has 1 aliphatic rings. The van der Waals surface area contributed by atoms with E-state index in [-0.39, 0.29) is 0 Å². The van der Waals surface area contributed by atoms with Gasteiger partial charge in [0.2, 0.25) is 0 Å². The van der Waals surface area contributed by atoms with E-state index < -0.39 is 0 Å². The summed E-state index contributed by atoms with van der Waals surface area (Å²) in [5.41, 5.74) is 2.74. The molecule has 1 fully saturated rings. The first-order valence-electron chi connectivity index (χ1n) is 8.38. The average Bonchev–Trinajstić information content (AvgIpc) is 2.51. The molecule has 0 amide bonds. The Morgan fingerprint density at radius 3 is 2.25 bits per heavy atom. The molecule has 0 saturated heterocycles. The van der Waals surface area contributed by atoms with Crippen molar-refractivity contribution in [2.24, 2.45) is 5.92 Å². The van der Waals surface area contributed by atoms with Crippen molar-refractivity contribution in [1.82, 2.24) is 5.32 Å². The molecule has 0 spiro atoms. The molecular weight excluding hydrogens is 244 g/mol. The Kier molecular flexibility index (Phi) is 6.38. The standard InChI is InChI=1S/C18H30N2/c1-3-20(4-2)18-12-10-17(11-13-18)15-19-14-16-8-6-5-7-9-16/h10-13,16,19H,3-9,14-15H2,1-2H3. The highest BCUT2D eigenvalue weighted by Crippen LogP contribution is 2.23. The molecule has 1 aromatic carbocycles. The van der Waals surface area contributed by atoms with Gasteiger partial charge >= 0.3 is 0 Å². The van der Waals surface area contributed by atoms with Crippen LogP contribution in [0.5, 0.6) is 0 Å². The Bertz CT molecular complexity index is 362. The van der Waals surface area contributed by atoms with E-state index in [1.165, 1.54) is 49.9 Å². The highest BCUT2D eigenvalue weighted by Gasteiger charge is 2.12. The van der Waals surface area contributed by atoms with Crippen LogP contribution in [0.4, 0.5) is 5.69 Å². The molecule has 1 aromatic rings. The van der Waals surface area contributed by atoms with Gasteiger partial charge in [-0.25, -0.2) is 0 Å². The van der Waals surface area contributed by atoms with Crippen molar-refractivity contribution >= 4 is 5.69 Å². The van der Waals surface area contributed by atoms with Gasteiger partial charge in [0.25, 0.3) is 0 Å². The van der Waals surface area contributed by atoms with Crippen LogP contribution in [-0.2, 0) is 6.54 Å². The molecule has 1 aliphatic carbocycles. The zero-order valence-corrected chi connectivity index (χ0v) is 13.2. The van der Waals surface area contributed by atoms with Crippen LogP contribution in [0.15, 0.2) is 24.3 Å². The van der Waals surface area contributed by atoms with Crippen LogP contribution in [0.1, 0.15) is 51.5 Å². The predicted molar refractivity (Wildman–Crippen MR) is 88.3 cm³/mol. The lowest BCUT2D eigenvalue weighted by molar-refractivity contribution is 0.342. The summed E-state index contributed by atoms with van der Waals surface area (Å²) in [5, 5.41) is 3.63. The van der Waals surface area contributed by atoms with Crippen LogP contribution >= 0.6 is 0 Å². The second-order valence-corrected chi connectivity index (χ2v) is 5.97. The minimum Gasteiger partial charge on any atom is -0.372 e. The van der Waals surface area contributed by atoms with Crippen LogP contribution < -0.4 is 10.2 Å². The van der Waals surface area contributed by atoms with Crippen LogP contribution in [0, 0.1) is 5.92 Å². The Hall–Kier alpha value is -1.02. The molecule has 2 heteroatoms. The molecule has 0 aliphatic heterocycles. The molecule has 20 heavy (non-hydrogen) atoms. The first-order valence-corrected chi connectivity index (χ1v) is 8.38. The number of rotatable bonds is 7. The Balaban J connectivity index is 1.75. The number of hydrogen-bond acceptors (Lipinski definition) is 2. The zero-order chi connectivity index (χ0) is 14.2. The van der Waals surface area contributed by atoms with Crippen LogP contribution in [0.2, 0.25) is 0 Å². The van der Waals surface area contributed by atoms with Gasteiger partial charge in [0.1, 0.15) is 0 Å². The molecule has 112 valence electrons. The highest BCUT2D eigenvalue weighted by atomic mass is 15.1. The van der Waals surface area contributed by atoms with Gasteiger partial charge in [0.05, 0.1) is 0 Å². The summed E-state index contributed by atoms with van der Waals surface area (Å²) in [7, 11) is 0. The summed E-state index contributed by atoms with van der Waals surface area (Å²) in [6, 6.07) is 9.04. The monoisotopic (exact) mass is 274 g/mol. The fourth-order valence-electron chi connectivity index (χ4n) is 3.23. The first kappa shape index (κ1) is 15.4. The fraction of sp³-hybridized carbons (Fsp3) is 0.667. The Labute approximate surface area is 124 Å². The minimum atomic E-state index is 0.915. The molecule has 1 N–H and O–H groups in total. The lowest BCUT2D eigenvalue weighted by atomic mass is 9.89. The number of hydrogen-bond donors (Lipinski definition) is 1. The van der Waals surface area contributed by atoms with Crippen LogP contribution in [-0.4, -0.2) is 19.6 Å². The van der Waals surface area contributed by atoms with Gasteiger partial charge in [-0.3, -0.25) is 0 Å². The summed E-state index contributed by atoms with van der Waals surface area (Å²) in [5.74, 6) is 0.915. The summed E-state index contributed by atoms with van der Waals surface area (Å²) in [6.45, 7) is 8.78. The maximum Gasteiger partial charge on any atom is 0.0366 e. The van der Waals surface area contributed by atoms with Crippen molar-refractivity contribution < 1.29 is 0 Å². The van der Waals surface area contributed by atoms with Crippen LogP contribution in [0.25, 0.3) is 0 Å². The molecule has 2 rings (SSSR count). The van der Waals surface area contributed by atoms with E-state index in [9.17, 15) is 0 Å². The SMILES string of the molecule is CCN(CC)c1ccc(CNCC2CCCCC2)cc1. The Morgan fingerprint density at radius 1 is 1.00 bits per heavy atom. The molecule has 0 aromatic heterocycles. The number of nitrogens with one attached hydrogen (secondary N) is 1. The van der Waals surface area contributed by atoms with Gasteiger partial charge in [-0.05, 0) is 56.8 Å². The third-order valence-corrected chi connectivity index (χ3v) is 4.55. The lowest BCUT2D eigenvalue weighted by Gasteiger charge is -2.22. The van der Waals surface area contributed by atoms with Crippen molar-refractivity contribution in [3.05, 3.63) is 29.8 Å². The second kappa shape index (κ2) is 8.31. The summed E-state index contributed by atoms with van der Waals surface area (Å²) in [6.07, 6.45) is 7.17. The largest absolute Gasteiger partial charge is 0.372 e. The first-order chi connectivity index (χ1) is 9.83.